The monoisotopic (exact) mass is 855 g/mol. The maximum Gasteiger partial charge on any atom is 0.306 e. The molecule has 0 bridgehead atoms. The first kappa shape index (κ1) is 58.4. The van der Waals surface area contributed by atoms with E-state index in [1.54, 1.807) is 0 Å². The van der Waals surface area contributed by atoms with E-state index in [1.807, 2.05) is 0 Å². The maximum atomic E-state index is 12.7. The highest BCUT2D eigenvalue weighted by Gasteiger charge is 2.19. The first-order valence-corrected chi connectivity index (χ1v) is 26.1. The van der Waals surface area contributed by atoms with E-state index in [4.69, 9.17) is 14.2 Å². The second-order valence-corrected chi connectivity index (χ2v) is 17.4. The van der Waals surface area contributed by atoms with E-state index in [-0.39, 0.29) is 31.1 Å². The fraction of sp³-hybridized carbons (Fsp3) is 0.800. The normalized spacial score (nSPS) is 12.4. The van der Waals surface area contributed by atoms with E-state index in [1.165, 1.54) is 135 Å². The van der Waals surface area contributed by atoms with Gasteiger partial charge in [-0.2, -0.15) is 0 Å². The van der Waals surface area contributed by atoms with Crippen molar-refractivity contribution in [2.24, 2.45) is 0 Å². The number of carbonyl (C=O) groups is 3. The number of unbranched alkanes of at least 4 members (excludes halogenated alkanes) is 28. The van der Waals surface area contributed by atoms with Crippen molar-refractivity contribution in [2.45, 2.75) is 271 Å². The Labute approximate surface area is 378 Å². The van der Waals surface area contributed by atoms with Gasteiger partial charge in [-0.15, -0.1) is 0 Å². The summed E-state index contributed by atoms with van der Waals surface area (Å²) in [5.41, 5.74) is 0. The molecule has 0 fully saturated rings. The minimum absolute atomic E-state index is 0.0789. The third-order valence-corrected chi connectivity index (χ3v) is 11.3. The molecule has 0 N–H and O–H groups in total. The van der Waals surface area contributed by atoms with Gasteiger partial charge in [0.05, 0.1) is 0 Å². The summed E-state index contributed by atoms with van der Waals surface area (Å²) in [6.07, 6.45) is 59.5. The Kier molecular flexibility index (Phi) is 47.9. The van der Waals surface area contributed by atoms with E-state index in [0.717, 1.165) is 89.9 Å². The van der Waals surface area contributed by atoms with Gasteiger partial charge >= 0.3 is 17.9 Å². The lowest BCUT2D eigenvalue weighted by Crippen LogP contribution is -2.30. The highest BCUT2D eigenvalue weighted by Crippen LogP contribution is 2.14. The van der Waals surface area contributed by atoms with Crippen LogP contribution in [0.3, 0.4) is 0 Å². The van der Waals surface area contributed by atoms with Crippen LogP contribution in [0.5, 0.6) is 0 Å². The molecule has 0 aliphatic rings. The summed E-state index contributed by atoms with van der Waals surface area (Å²) < 4.78 is 16.8. The Morgan fingerprint density at radius 2 is 0.590 bits per heavy atom. The van der Waals surface area contributed by atoms with E-state index in [0.29, 0.717) is 19.3 Å². The number of esters is 3. The van der Waals surface area contributed by atoms with Crippen LogP contribution in [0.2, 0.25) is 0 Å². The molecule has 0 saturated heterocycles. The zero-order valence-corrected chi connectivity index (χ0v) is 40.4. The van der Waals surface area contributed by atoms with Crippen molar-refractivity contribution in [1.82, 2.24) is 0 Å². The average molecular weight is 855 g/mol. The number of ether oxygens (including phenoxy) is 3. The first-order chi connectivity index (χ1) is 30.0. The third kappa shape index (κ3) is 48.3. The molecular formula is C55H98O6. The standard InChI is InChI=1S/C55H98O6/c1-4-7-10-13-16-19-22-24-25-26-27-28-29-30-31-32-34-36-39-42-45-48-54(57)60-51-52(50-59-53(56)47-44-41-38-35-21-18-15-12-9-6-3)61-55(58)49-46-43-40-37-33-23-20-17-14-11-8-5-2/h17,20,22,24,26-27,29-30,52H,4-16,18-19,21,23,25,28,31-51H2,1-3H3/b20-17-,24-22-,27-26-,30-29-. The van der Waals surface area contributed by atoms with Crippen LogP contribution in [0.25, 0.3) is 0 Å². The number of hydrogen-bond donors (Lipinski definition) is 0. The summed E-state index contributed by atoms with van der Waals surface area (Å²) in [7, 11) is 0. The molecule has 6 nitrogen and oxygen atoms in total. The minimum Gasteiger partial charge on any atom is -0.462 e. The molecule has 0 heterocycles. The van der Waals surface area contributed by atoms with Crippen LogP contribution in [0.15, 0.2) is 48.6 Å². The van der Waals surface area contributed by atoms with Crippen molar-refractivity contribution >= 4 is 17.9 Å². The van der Waals surface area contributed by atoms with Gasteiger partial charge in [0.15, 0.2) is 6.10 Å². The molecule has 0 rings (SSSR count). The number of carbonyl (C=O) groups excluding carboxylic acids is 3. The predicted octanol–water partition coefficient (Wildman–Crippen LogP) is 17.1. The molecule has 0 saturated carbocycles. The van der Waals surface area contributed by atoms with Crippen LogP contribution in [0.4, 0.5) is 0 Å². The Morgan fingerprint density at radius 1 is 0.328 bits per heavy atom. The lowest BCUT2D eigenvalue weighted by Gasteiger charge is -2.18. The Bertz CT molecular complexity index is 1070. The van der Waals surface area contributed by atoms with Crippen molar-refractivity contribution in [3.63, 3.8) is 0 Å². The van der Waals surface area contributed by atoms with Gasteiger partial charge in [0.25, 0.3) is 0 Å². The largest absolute Gasteiger partial charge is 0.462 e. The van der Waals surface area contributed by atoms with Crippen molar-refractivity contribution in [3.05, 3.63) is 48.6 Å². The molecule has 1 atom stereocenters. The number of hydrogen-bond acceptors (Lipinski definition) is 6. The summed E-state index contributed by atoms with van der Waals surface area (Å²) in [6, 6.07) is 0. The molecule has 0 amide bonds. The van der Waals surface area contributed by atoms with Gasteiger partial charge < -0.3 is 14.2 Å². The molecule has 0 aromatic carbocycles. The highest BCUT2D eigenvalue weighted by atomic mass is 16.6. The lowest BCUT2D eigenvalue weighted by molar-refractivity contribution is -0.167. The maximum absolute atomic E-state index is 12.7. The quantitative estimate of drug-likeness (QED) is 0.0263. The van der Waals surface area contributed by atoms with E-state index < -0.39 is 6.10 Å². The van der Waals surface area contributed by atoms with E-state index in [9.17, 15) is 14.4 Å². The second-order valence-electron chi connectivity index (χ2n) is 17.4. The molecule has 0 aliphatic carbocycles. The summed E-state index contributed by atoms with van der Waals surface area (Å²) in [5.74, 6) is -0.897. The Morgan fingerprint density at radius 3 is 0.967 bits per heavy atom. The molecular weight excluding hydrogens is 757 g/mol. The summed E-state index contributed by atoms with van der Waals surface area (Å²) >= 11 is 0. The zero-order valence-electron chi connectivity index (χ0n) is 40.4. The first-order valence-electron chi connectivity index (χ1n) is 26.1. The number of allylic oxidation sites excluding steroid dienone is 8. The third-order valence-electron chi connectivity index (χ3n) is 11.3. The van der Waals surface area contributed by atoms with Crippen molar-refractivity contribution in [1.29, 1.82) is 0 Å². The van der Waals surface area contributed by atoms with Crippen molar-refractivity contribution in [3.8, 4) is 0 Å². The van der Waals surface area contributed by atoms with Crippen molar-refractivity contribution < 1.29 is 28.6 Å². The van der Waals surface area contributed by atoms with Crippen molar-refractivity contribution in [2.75, 3.05) is 13.2 Å². The molecule has 61 heavy (non-hydrogen) atoms. The van der Waals surface area contributed by atoms with Crippen LogP contribution in [-0.4, -0.2) is 37.2 Å². The highest BCUT2D eigenvalue weighted by molar-refractivity contribution is 5.71. The molecule has 354 valence electrons. The fourth-order valence-corrected chi connectivity index (χ4v) is 7.33. The Balaban J connectivity index is 4.31. The average Bonchev–Trinajstić information content (AvgIpc) is 3.26. The summed E-state index contributed by atoms with van der Waals surface area (Å²) in [6.45, 7) is 6.58. The fourth-order valence-electron chi connectivity index (χ4n) is 7.33. The molecule has 1 unspecified atom stereocenters. The van der Waals surface area contributed by atoms with Gasteiger partial charge in [0, 0.05) is 19.3 Å². The second kappa shape index (κ2) is 50.0. The van der Waals surface area contributed by atoms with Crippen LogP contribution in [0, 0.1) is 0 Å². The topological polar surface area (TPSA) is 78.9 Å². The summed E-state index contributed by atoms with van der Waals surface area (Å²) in [4.78, 5) is 37.9. The van der Waals surface area contributed by atoms with Gasteiger partial charge in [0.2, 0.25) is 0 Å². The number of rotatable bonds is 47. The predicted molar refractivity (Wildman–Crippen MR) is 261 cm³/mol. The molecule has 0 spiro atoms. The zero-order chi connectivity index (χ0) is 44.4. The molecule has 0 aliphatic heterocycles. The minimum atomic E-state index is -0.779. The van der Waals surface area contributed by atoms with E-state index >= 15 is 0 Å². The van der Waals surface area contributed by atoms with Gasteiger partial charge in [0.1, 0.15) is 13.2 Å². The molecule has 0 radical (unpaired) electrons. The van der Waals surface area contributed by atoms with Crippen LogP contribution >= 0.6 is 0 Å². The van der Waals surface area contributed by atoms with Gasteiger partial charge in [-0.25, -0.2) is 0 Å². The molecule has 0 aromatic heterocycles. The van der Waals surface area contributed by atoms with Crippen LogP contribution in [0.1, 0.15) is 265 Å². The van der Waals surface area contributed by atoms with Crippen LogP contribution < -0.4 is 0 Å². The summed E-state index contributed by atoms with van der Waals surface area (Å²) in [5, 5.41) is 0. The smallest absolute Gasteiger partial charge is 0.306 e. The van der Waals surface area contributed by atoms with Gasteiger partial charge in [-0.1, -0.05) is 211 Å². The molecule has 6 heteroatoms. The molecule has 0 aromatic rings. The SMILES string of the molecule is CCCCC/C=C\CCCCCCCC(=O)OC(COC(=O)CCCCCCCC/C=C\C/C=C\C/C=C\CCCCCCC)COC(=O)CCCCCCCCCCCC. The van der Waals surface area contributed by atoms with Gasteiger partial charge in [-0.05, 0) is 83.5 Å². The van der Waals surface area contributed by atoms with E-state index in [2.05, 4.69) is 69.4 Å². The Hall–Kier alpha value is -2.63. The van der Waals surface area contributed by atoms with Crippen LogP contribution in [-0.2, 0) is 28.6 Å². The van der Waals surface area contributed by atoms with Gasteiger partial charge in [-0.3, -0.25) is 14.4 Å². The lowest BCUT2D eigenvalue weighted by atomic mass is 10.1.